The Morgan fingerprint density at radius 2 is 1.88 bits per heavy atom. The third-order valence-electron chi connectivity index (χ3n) is 4.83. The minimum absolute atomic E-state index is 0.0153. The quantitative estimate of drug-likeness (QED) is 0.146. The van der Waals surface area contributed by atoms with Gasteiger partial charge in [-0.2, -0.15) is 5.10 Å². The van der Waals surface area contributed by atoms with Gasteiger partial charge in [0, 0.05) is 25.4 Å². The molecule has 8 heteroatoms. The number of carbonyl (C=O) groups excluding carboxylic acids is 1. The van der Waals surface area contributed by atoms with Gasteiger partial charge < -0.3 is 14.2 Å². The van der Waals surface area contributed by atoms with Crippen LogP contribution in [0.1, 0.15) is 50.2 Å². The van der Waals surface area contributed by atoms with Crippen LogP contribution in [0.5, 0.6) is 0 Å². The van der Waals surface area contributed by atoms with E-state index in [0.717, 1.165) is 5.56 Å². The van der Waals surface area contributed by atoms with Crippen molar-refractivity contribution in [1.82, 2.24) is 9.78 Å². The molecule has 0 N–H and O–H groups in total. The number of carbonyl (C=O) groups is 1. The molecule has 2 rings (SSSR count). The van der Waals surface area contributed by atoms with Gasteiger partial charge in [0.25, 0.3) is 0 Å². The molecular formula is C25H32ClN3O4. The maximum absolute atomic E-state index is 11.8. The third-order valence-corrected chi connectivity index (χ3v) is 5.29. The number of benzene rings is 1. The predicted molar refractivity (Wildman–Crippen MR) is 133 cm³/mol. The van der Waals surface area contributed by atoms with Crippen molar-refractivity contribution in [2.75, 3.05) is 20.4 Å². The highest BCUT2D eigenvalue weighted by Gasteiger charge is 2.23. The fourth-order valence-electron chi connectivity index (χ4n) is 3.13. The van der Waals surface area contributed by atoms with Crippen LogP contribution in [0.25, 0.3) is 11.3 Å². The average molecular weight is 474 g/mol. The number of nitrogens with zero attached hydrogens (tertiary/aromatic N) is 3. The van der Waals surface area contributed by atoms with Crippen LogP contribution in [0.15, 0.2) is 41.9 Å². The van der Waals surface area contributed by atoms with Crippen LogP contribution in [-0.2, 0) is 26.2 Å². The maximum Gasteiger partial charge on any atom is 0.511 e. The molecule has 0 aliphatic rings. The Bertz CT molecular complexity index is 1030. The molecule has 0 aliphatic heterocycles. The molecule has 0 amide bonds. The molecule has 1 aromatic heterocycles. The van der Waals surface area contributed by atoms with Gasteiger partial charge in [0.2, 0.25) is 6.79 Å². The molecule has 178 valence electrons. The summed E-state index contributed by atoms with van der Waals surface area (Å²) in [5, 5.41) is 4.95. The highest BCUT2D eigenvalue weighted by Crippen LogP contribution is 2.34. The van der Waals surface area contributed by atoms with Gasteiger partial charge in [0.1, 0.15) is 12.3 Å². The van der Waals surface area contributed by atoms with Crippen molar-refractivity contribution in [1.29, 1.82) is 0 Å². The zero-order chi connectivity index (χ0) is 24.6. The van der Waals surface area contributed by atoms with E-state index in [2.05, 4.69) is 49.6 Å². The summed E-state index contributed by atoms with van der Waals surface area (Å²) < 4.78 is 17.6. The molecule has 1 aromatic carbocycles. The number of aromatic nitrogens is 2. The standard InChI is InChI=1S/C25H32ClN3O4/c1-8-14-31-24(30)33-16-32-23(22-21(26)17(3)28-29(22)9-2)20(15-27-7)18-10-12-19(13-11-18)25(4,5)6/h8,10-13,15H,1,9,14,16H2,2-7H3/b23-20-,27-15-. The van der Waals surface area contributed by atoms with Gasteiger partial charge in [-0.05, 0) is 30.4 Å². The van der Waals surface area contributed by atoms with Crippen molar-refractivity contribution in [2.24, 2.45) is 4.99 Å². The molecule has 0 atom stereocenters. The molecular weight excluding hydrogens is 442 g/mol. The van der Waals surface area contributed by atoms with E-state index in [9.17, 15) is 4.79 Å². The number of aliphatic imine (C=N–C) groups is 1. The van der Waals surface area contributed by atoms with Gasteiger partial charge in [0.15, 0.2) is 5.76 Å². The molecule has 1 heterocycles. The molecule has 0 aliphatic carbocycles. The Hall–Kier alpha value is -3.06. The Morgan fingerprint density at radius 1 is 1.21 bits per heavy atom. The van der Waals surface area contributed by atoms with E-state index in [1.165, 1.54) is 11.6 Å². The number of ether oxygens (including phenoxy) is 3. The Morgan fingerprint density at radius 3 is 2.42 bits per heavy atom. The molecule has 0 bridgehead atoms. The summed E-state index contributed by atoms with van der Waals surface area (Å²) in [6.45, 7) is 14.0. The summed E-state index contributed by atoms with van der Waals surface area (Å²) in [5.74, 6) is 0.396. The molecule has 0 saturated carbocycles. The van der Waals surface area contributed by atoms with Gasteiger partial charge in [-0.1, -0.05) is 69.3 Å². The van der Waals surface area contributed by atoms with Crippen molar-refractivity contribution >= 4 is 35.3 Å². The van der Waals surface area contributed by atoms with E-state index in [1.54, 1.807) is 17.9 Å². The van der Waals surface area contributed by atoms with Gasteiger partial charge in [-0.25, -0.2) is 4.79 Å². The average Bonchev–Trinajstić information content (AvgIpc) is 3.07. The largest absolute Gasteiger partial charge is 0.511 e. The first-order valence-corrected chi connectivity index (χ1v) is 11.1. The van der Waals surface area contributed by atoms with Crippen LogP contribution in [0.2, 0.25) is 5.02 Å². The van der Waals surface area contributed by atoms with Gasteiger partial charge >= 0.3 is 6.16 Å². The molecule has 0 unspecified atom stereocenters. The minimum Gasteiger partial charge on any atom is -0.454 e. The summed E-state index contributed by atoms with van der Waals surface area (Å²) in [4.78, 5) is 16.0. The summed E-state index contributed by atoms with van der Waals surface area (Å²) in [5.41, 5.74) is 4.00. The van der Waals surface area contributed by atoms with E-state index >= 15 is 0 Å². The first-order valence-electron chi connectivity index (χ1n) is 10.7. The minimum atomic E-state index is -0.860. The lowest BCUT2D eigenvalue weighted by molar-refractivity contribution is -0.00149. The van der Waals surface area contributed by atoms with Crippen molar-refractivity contribution < 1.29 is 19.0 Å². The lowest BCUT2D eigenvalue weighted by atomic mass is 9.86. The number of hydrogen-bond acceptors (Lipinski definition) is 6. The topological polar surface area (TPSA) is 74.9 Å². The molecule has 2 aromatic rings. The smallest absolute Gasteiger partial charge is 0.454 e. The highest BCUT2D eigenvalue weighted by atomic mass is 35.5. The van der Waals surface area contributed by atoms with E-state index in [1.807, 2.05) is 26.0 Å². The lowest BCUT2D eigenvalue weighted by Gasteiger charge is -2.20. The maximum atomic E-state index is 11.8. The van der Waals surface area contributed by atoms with Crippen LogP contribution in [0.3, 0.4) is 0 Å². The van der Waals surface area contributed by atoms with Crippen molar-refractivity contribution in [3.05, 3.63) is 64.5 Å². The molecule has 0 radical (unpaired) electrons. The van der Waals surface area contributed by atoms with E-state index in [4.69, 9.17) is 25.8 Å². The van der Waals surface area contributed by atoms with Crippen LogP contribution in [-0.4, -0.2) is 42.6 Å². The van der Waals surface area contributed by atoms with Crippen LogP contribution >= 0.6 is 11.6 Å². The number of rotatable bonds is 9. The normalized spacial score (nSPS) is 12.5. The number of hydrogen-bond donors (Lipinski definition) is 0. The third kappa shape index (κ3) is 6.71. The molecule has 0 spiro atoms. The predicted octanol–water partition coefficient (Wildman–Crippen LogP) is 6.04. The second-order valence-electron chi connectivity index (χ2n) is 8.28. The second kappa shape index (κ2) is 11.7. The molecule has 7 nitrogen and oxygen atoms in total. The number of allylic oxidation sites excluding steroid dienone is 1. The zero-order valence-electron chi connectivity index (χ0n) is 20.1. The van der Waals surface area contributed by atoms with Gasteiger partial charge in [-0.15, -0.1) is 0 Å². The summed E-state index contributed by atoms with van der Waals surface area (Å²) in [7, 11) is 1.67. The summed E-state index contributed by atoms with van der Waals surface area (Å²) >= 11 is 6.63. The lowest BCUT2D eigenvalue weighted by Crippen LogP contribution is -2.13. The Kier molecular flexibility index (Phi) is 9.29. The van der Waals surface area contributed by atoms with Crippen molar-refractivity contribution in [3.63, 3.8) is 0 Å². The van der Waals surface area contributed by atoms with Crippen molar-refractivity contribution in [2.45, 2.75) is 46.6 Å². The van der Waals surface area contributed by atoms with Gasteiger partial charge in [0.05, 0.1) is 10.7 Å². The first-order chi connectivity index (χ1) is 15.6. The molecule has 0 fully saturated rings. The van der Waals surface area contributed by atoms with Crippen LogP contribution in [0.4, 0.5) is 4.79 Å². The Balaban J connectivity index is 2.58. The van der Waals surface area contributed by atoms with E-state index < -0.39 is 6.16 Å². The fourth-order valence-corrected chi connectivity index (χ4v) is 3.35. The van der Waals surface area contributed by atoms with Crippen LogP contribution < -0.4 is 0 Å². The van der Waals surface area contributed by atoms with Gasteiger partial charge in [-0.3, -0.25) is 9.67 Å². The molecule has 33 heavy (non-hydrogen) atoms. The number of halogens is 1. The van der Waals surface area contributed by atoms with Crippen molar-refractivity contribution in [3.8, 4) is 0 Å². The Labute approximate surface area is 200 Å². The SMILES string of the molecule is C=CCOC(=O)OCO/C(=C(/C=N\C)c1ccc(C(C)(C)C)cc1)c1c(Cl)c(C)nn1CC. The summed E-state index contributed by atoms with van der Waals surface area (Å²) in [6.07, 6.45) is 2.28. The monoisotopic (exact) mass is 473 g/mol. The van der Waals surface area contributed by atoms with E-state index in [-0.39, 0.29) is 18.8 Å². The van der Waals surface area contributed by atoms with Crippen LogP contribution in [0, 0.1) is 6.92 Å². The molecule has 0 saturated heterocycles. The number of aryl methyl sites for hydroxylation is 2. The summed E-state index contributed by atoms with van der Waals surface area (Å²) in [6, 6.07) is 8.16. The highest BCUT2D eigenvalue weighted by molar-refractivity contribution is 6.33. The first kappa shape index (κ1) is 26.2. The second-order valence-corrected chi connectivity index (χ2v) is 8.66. The fraction of sp³-hybridized carbons (Fsp3) is 0.400. The van der Waals surface area contributed by atoms with E-state index in [0.29, 0.717) is 34.3 Å². The zero-order valence-corrected chi connectivity index (χ0v) is 20.9.